The molecule has 22 heavy (non-hydrogen) atoms. The molecule has 7 heteroatoms. The fourth-order valence-corrected chi connectivity index (χ4v) is 1.90. The number of para-hydroxylation sites is 1. The molecule has 0 bridgehead atoms. The number of nitro benzene ring substituents is 1. The van der Waals surface area contributed by atoms with E-state index < -0.39 is 10.9 Å². The van der Waals surface area contributed by atoms with Crippen molar-refractivity contribution in [3.63, 3.8) is 0 Å². The predicted octanol–water partition coefficient (Wildman–Crippen LogP) is -0.859. The third-order valence-electron chi connectivity index (χ3n) is 2.85. The van der Waals surface area contributed by atoms with Gasteiger partial charge in [0.1, 0.15) is 0 Å². The van der Waals surface area contributed by atoms with Gasteiger partial charge >= 0.3 is 5.97 Å². The molecule has 0 aliphatic heterocycles. The molecule has 0 fully saturated rings. The van der Waals surface area contributed by atoms with E-state index in [0.717, 1.165) is 0 Å². The maximum Gasteiger partial charge on any atom is 0.370 e. The summed E-state index contributed by atoms with van der Waals surface area (Å²) in [6.45, 7) is -0.169. The van der Waals surface area contributed by atoms with Crippen molar-refractivity contribution in [1.82, 2.24) is 0 Å². The molecule has 0 saturated carbocycles. The van der Waals surface area contributed by atoms with Crippen molar-refractivity contribution in [2.75, 3.05) is 0 Å². The molecular weight excluding hydrogens is 308 g/mol. The van der Waals surface area contributed by atoms with Crippen LogP contribution in [0.4, 0.5) is 5.69 Å². The third kappa shape index (κ3) is 4.39. The fraction of sp³-hybridized carbons (Fsp3) is 0.0667. The Morgan fingerprint density at radius 2 is 1.86 bits per heavy atom. The Hall–Kier alpha value is -2.73. The Bertz CT molecular complexity index is 716. The zero-order valence-electron chi connectivity index (χ0n) is 11.4. The number of hydrogen-bond acceptors (Lipinski definition) is 3. The smallest absolute Gasteiger partial charge is 0.370 e. The first-order chi connectivity index (χ1) is 10.1. The molecule has 0 unspecified atom stereocenters. The van der Waals surface area contributed by atoms with Crippen LogP contribution in [0.2, 0.25) is 0 Å². The lowest BCUT2D eigenvalue weighted by Gasteiger charge is -1.98. The number of aromatic nitrogens is 1. The van der Waals surface area contributed by atoms with Gasteiger partial charge in [-0.25, -0.2) is 4.79 Å². The lowest BCUT2D eigenvalue weighted by molar-refractivity contribution is -0.687. The molecule has 0 aliphatic rings. The van der Waals surface area contributed by atoms with Gasteiger partial charge in [-0.3, -0.25) is 10.1 Å². The number of carboxylic acid groups (broad SMARTS) is 1. The van der Waals surface area contributed by atoms with Gasteiger partial charge in [-0.05, 0) is 18.2 Å². The molecule has 0 atom stereocenters. The zero-order chi connectivity index (χ0) is 15.2. The standard InChI is InChI=1S/C15H12N2O4.ClH/c18-15(19)11-16-10-4-3-6-13(16)9-8-12-5-1-2-7-14(12)17(20)21;/h1-10H,11H2;1H/b9-8+;. The lowest BCUT2D eigenvalue weighted by Crippen LogP contribution is -3.00. The lowest BCUT2D eigenvalue weighted by atomic mass is 10.1. The number of pyridine rings is 1. The van der Waals surface area contributed by atoms with E-state index in [2.05, 4.69) is 0 Å². The Labute approximate surface area is 132 Å². The summed E-state index contributed by atoms with van der Waals surface area (Å²) in [4.78, 5) is 21.3. The van der Waals surface area contributed by atoms with Crippen LogP contribution in [0.3, 0.4) is 0 Å². The van der Waals surface area contributed by atoms with Gasteiger partial charge in [0, 0.05) is 24.3 Å². The molecule has 0 saturated heterocycles. The van der Waals surface area contributed by atoms with E-state index in [1.165, 1.54) is 6.07 Å². The monoisotopic (exact) mass is 320 g/mol. The molecule has 114 valence electrons. The van der Waals surface area contributed by atoms with Gasteiger partial charge in [-0.15, -0.1) is 0 Å². The van der Waals surface area contributed by atoms with Crippen LogP contribution in [0.15, 0.2) is 48.7 Å². The van der Waals surface area contributed by atoms with E-state index in [4.69, 9.17) is 5.11 Å². The second kappa shape index (κ2) is 7.90. The average Bonchev–Trinajstić information content (AvgIpc) is 2.46. The first-order valence-corrected chi connectivity index (χ1v) is 6.19. The predicted molar refractivity (Wildman–Crippen MR) is 76.3 cm³/mol. The normalized spacial score (nSPS) is 10.2. The van der Waals surface area contributed by atoms with Crippen LogP contribution in [0.5, 0.6) is 0 Å². The number of halogens is 1. The van der Waals surface area contributed by atoms with Crippen molar-refractivity contribution in [1.29, 1.82) is 0 Å². The minimum absolute atomic E-state index is 0. The zero-order valence-corrected chi connectivity index (χ0v) is 12.2. The Balaban J connectivity index is 0.00000242. The van der Waals surface area contributed by atoms with Crippen LogP contribution in [0, 0.1) is 10.1 Å². The molecular formula is C15H13ClN2O4. The topological polar surface area (TPSA) is 84.3 Å². The highest BCUT2D eigenvalue weighted by Crippen LogP contribution is 2.19. The summed E-state index contributed by atoms with van der Waals surface area (Å²) >= 11 is 0. The molecule has 1 aromatic carbocycles. The molecule has 0 aliphatic carbocycles. The summed E-state index contributed by atoms with van der Waals surface area (Å²) in [5, 5.41) is 19.8. The quantitative estimate of drug-likeness (QED) is 0.441. The van der Waals surface area contributed by atoms with E-state index in [1.807, 2.05) is 0 Å². The van der Waals surface area contributed by atoms with Crippen LogP contribution >= 0.6 is 0 Å². The number of nitrogens with zero attached hydrogens (tertiary/aromatic N) is 2. The van der Waals surface area contributed by atoms with Crippen molar-refractivity contribution in [3.8, 4) is 0 Å². The van der Waals surface area contributed by atoms with Crippen molar-refractivity contribution >= 4 is 23.8 Å². The number of hydrogen-bond donors (Lipinski definition) is 1. The summed E-state index contributed by atoms with van der Waals surface area (Å²) in [6.07, 6.45) is 4.91. The maximum atomic E-state index is 10.9. The summed E-state index contributed by atoms with van der Waals surface area (Å²) in [6, 6.07) is 11.6. The summed E-state index contributed by atoms with van der Waals surface area (Å²) in [5.41, 5.74) is 1.13. The first kappa shape index (κ1) is 17.3. The molecule has 0 radical (unpaired) electrons. The highest BCUT2D eigenvalue weighted by molar-refractivity contribution is 5.72. The maximum absolute atomic E-state index is 10.9. The highest BCUT2D eigenvalue weighted by atomic mass is 35.5. The molecule has 1 heterocycles. The van der Waals surface area contributed by atoms with Crippen LogP contribution in [-0.2, 0) is 11.3 Å². The van der Waals surface area contributed by atoms with Crippen molar-refractivity contribution in [2.24, 2.45) is 0 Å². The number of carboxylic acids is 1. The summed E-state index contributed by atoms with van der Waals surface area (Å²) in [7, 11) is 0. The van der Waals surface area contributed by atoms with Gasteiger partial charge in [-0.1, -0.05) is 12.1 Å². The minimum Gasteiger partial charge on any atom is -1.00 e. The Morgan fingerprint density at radius 3 is 2.55 bits per heavy atom. The largest absolute Gasteiger partial charge is 1.00 e. The summed E-state index contributed by atoms with van der Waals surface area (Å²) < 4.78 is 1.55. The van der Waals surface area contributed by atoms with Gasteiger partial charge in [0.2, 0.25) is 12.2 Å². The van der Waals surface area contributed by atoms with Crippen molar-refractivity contribution < 1.29 is 31.8 Å². The Kier molecular flexibility index (Phi) is 6.22. The second-order valence-electron chi connectivity index (χ2n) is 4.30. The van der Waals surface area contributed by atoms with Crippen molar-refractivity contribution in [3.05, 3.63) is 70.0 Å². The van der Waals surface area contributed by atoms with Gasteiger partial charge in [-0.2, -0.15) is 4.57 Å². The fourth-order valence-electron chi connectivity index (χ4n) is 1.90. The van der Waals surface area contributed by atoms with Crippen LogP contribution in [0.25, 0.3) is 12.2 Å². The van der Waals surface area contributed by atoms with E-state index in [0.29, 0.717) is 11.3 Å². The van der Waals surface area contributed by atoms with Gasteiger partial charge in [0.05, 0.1) is 10.5 Å². The molecule has 1 N–H and O–H groups in total. The van der Waals surface area contributed by atoms with Crippen LogP contribution < -0.4 is 17.0 Å². The van der Waals surface area contributed by atoms with Crippen LogP contribution in [0.1, 0.15) is 11.3 Å². The average molecular weight is 321 g/mol. The van der Waals surface area contributed by atoms with Gasteiger partial charge in [0.15, 0.2) is 6.20 Å². The summed E-state index contributed by atoms with van der Waals surface area (Å²) in [5.74, 6) is -0.952. The SMILES string of the molecule is O=C(O)C[n+]1ccccc1/C=C/c1ccccc1[N+](=O)[O-].[Cl-]. The Morgan fingerprint density at radius 1 is 1.18 bits per heavy atom. The van der Waals surface area contributed by atoms with E-state index in [-0.39, 0.29) is 24.6 Å². The minimum atomic E-state index is -0.952. The molecule has 6 nitrogen and oxygen atoms in total. The number of nitro groups is 1. The molecule has 0 amide bonds. The van der Waals surface area contributed by atoms with Crippen LogP contribution in [-0.4, -0.2) is 16.0 Å². The van der Waals surface area contributed by atoms with Gasteiger partial charge in [0.25, 0.3) is 5.69 Å². The van der Waals surface area contributed by atoms with E-state index in [1.54, 1.807) is 59.3 Å². The number of aliphatic carboxylic acids is 1. The van der Waals surface area contributed by atoms with E-state index in [9.17, 15) is 14.9 Å². The van der Waals surface area contributed by atoms with Gasteiger partial charge < -0.3 is 17.5 Å². The number of benzene rings is 1. The third-order valence-corrected chi connectivity index (χ3v) is 2.85. The molecule has 2 rings (SSSR count). The van der Waals surface area contributed by atoms with Crippen molar-refractivity contribution in [2.45, 2.75) is 6.54 Å². The molecule has 0 spiro atoms. The molecule has 2 aromatic rings. The second-order valence-corrected chi connectivity index (χ2v) is 4.30. The number of rotatable bonds is 5. The molecule has 1 aromatic heterocycles. The number of carbonyl (C=O) groups is 1. The first-order valence-electron chi connectivity index (χ1n) is 6.19. The van der Waals surface area contributed by atoms with E-state index >= 15 is 0 Å². The highest BCUT2D eigenvalue weighted by Gasteiger charge is 2.13.